The molecule has 4 saturated heterocycles. The first-order valence-electron chi connectivity index (χ1n) is 26.3. The van der Waals surface area contributed by atoms with Crippen molar-refractivity contribution in [3.05, 3.63) is 67.6 Å². The van der Waals surface area contributed by atoms with Gasteiger partial charge in [0.05, 0.1) is 30.8 Å². The van der Waals surface area contributed by atoms with Gasteiger partial charge in [-0.05, 0) is 73.7 Å². The zero-order valence-electron chi connectivity index (χ0n) is 41.6. The van der Waals surface area contributed by atoms with Gasteiger partial charge in [0, 0.05) is 111 Å². The number of nitrogens with one attached hydrogen (secondary N) is 4. The van der Waals surface area contributed by atoms with Crippen LogP contribution in [0.3, 0.4) is 0 Å². The molecule has 17 heteroatoms. The quantitative estimate of drug-likeness (QED) is 0.164. The molecule has 0 unspecified atom stereocenters. The zero-order valence-corrected chi connectivity index (χ0v) is 45.0. The van der Waals surface area contributed by atoms with Gasteiger partial charge in [-0.3, -0.25) is 0 Å². The van der Waals surface area contributed by atoms with Crippen LogP contribution in [0.5, 0.6) is 0 Å². The molecule has 13 nitrogen and oxygen atoms in total. The molecule has 10 rings (SSSR count). The molecule has 0 amide bonds. The molecule has 1 radical (unpaired) electrons. The highest BCUT2D eigenvalue weighted by Gasteiger charge is 2.50. The van der Waals surface area contributed by atoms with Gasteiger partial charge in [-0.25, -0.2) is 20.0 Å². The Bertz CT molecular complexity index is 2090. The Morgan fingerprint density at radius 2 is 0.841 bits per heavy atom. The minimum absolute atomic E-state index is 0.0453. The Balaban J connectivity index is 0.651. The van der Waals surface area contributed by atoms with Crippen LogP contribution in [0.25, 0.3) is 0 Å². The molecular formula is C52H79N12OS3Si. The zero-order chi connectivity index (χ0) is 47.2. The summed E-state index contributed by atoms with van der Waals surface area (Å²) in [5, 5.41) is 17.7. The summed E-state index contributed by atoms with van der Waals surface area (Å²) in [4.78, 5) is 30.8. The van der Waals surface area contributed by atoms with Crippen molar-refractivity contribution >= 4 is 77.8 Å². The molecule has 2 aromatic carbocycles. The maximum atomic E-state index is 7.33. The first-order valence-corrected chi connectivity index (χ1v) is 31.7. The fourth-order valence-electron chi connectivity index (χ4n) is 11.4. The molecular weight excluding hydrogens is 933 g/mol. The topological polar surface area (TPSA) is 120 Å². The second-order valence-electron chi connectivity index (χ2n) is 21.6. The molecule has 0 bridgehead atoms. The van der Waals surface area contributed by atoms with Gasteiger partial charge < -0.3 is 45.3 Å². The average Bonchev–Trinajstić information content (AvgIpc) is 3.36. The molecule has 4 N–H and O–H groups in total. The van der Waals surface area contributed by atoms with Crippen LogP contribution in [-0.2, 0) is 4.43 Å². The summed E-state index contributed by atoms with van der Waals surface area (Å²) in [5.41, 5.74) is 0. The first kappa shape index (κ1) is 49.3. The molecule has 8 aliphatic rings. The number of thioether (sulfide) groups is 3. The Kier molecular flexibility index (Phi) is 16.2. The van der Waals surface area contributed by atoms with E-state index in [-0.39, 0.29) is 17.1 Å². The molecule has 375 valence electrons. The summed E-state index contributed by atoms with van der Waals surface area (Å²) in [6.45, 7) is 20.7. The molecule has 0 spiro atoms. The van der Waals surface area contributed by atoms with Crippen LogP contribution >= 0.6 is 35.3 Å². The van der Waals surface area contributed by atoms with Gasteiger partial charge in [0.1, 0.15) is 0 Å². The van der Waals surface area contributed by atoms with Gasteiger partial charge in [-0.2, -0.15) is 35.3 Å². The summed E-state index contributed by atoms with van der Waals surface area (Å²) in [6.07, 6.45) is 9.09. The van der Waals surface area contributed by atoms with Gasteiger partial charge in [0.15, 0.2) is 23.8 Å². The largest absolute Gasteiger partial charge is 0.405 e. The maximum absolute atomic E-state index is 7.33. The molecule has 2 aromatic rings. The highest BCUT2D eigenvalue weighted by Crippen LogP contribution is 2.37. The molecule has 0 aromatic heterocycles. The van der Waals surface area contributed by atoms with Crippen molar-refractivity contribution in [2.75, 3.05) is 93.5 Å². The highest BCUT2D eigenvalue weighted by molar-refractivity contribution is 7.99. The standard InChI is InChI=1S/C52H79N12OS3Si/c1-38-15-23-61-25-17-40(55-48(61)53-38)32-66-34-42-19-27-63-29-21-44(59-50(63)57-42)36-68-37-45-22-30-64-28-20-43(58-51(64)60-45)35-67-33-41-18-26-62-24-16-39(54-49(62)56-41)31-65-69(52(2,3)4,46-11-7-5-8-12-46)47-13-9-6-10-14-47/h5-14,38-45H,1,15-37H2,2-4H3,(H,53,55)(H,54,56)(H,57,59)(H,58,60)/t38-,39-,40-,41-,42-,43-,44-,45-/m1/s1. The predicted octanol–water partition coefficient (Wildman–Crippen LogP) is 4.77. The van der Waals surface area contributed by atoms with E-state index in [4.69, 9.17) is 24.4 Å². The Morgan fingerprint density at radius 1 is 0.493 bits per heavy atom. The minimum atomic E-state index is -2.61. The van der Waals surface area contributed by atoms with Gasteiger partial charge in [0.25, 0.3) is 8.32 Å². The van der Waals surface area contributed by atoms with E-state index in [1.807, 2.05) is 0 Å². The Morgan fingerprint density at radius 3 is 1.25 bits per heavy atom. The fraction of sp³-hybridized carbons (Fsp3) is 0.673. The van der Waals surface area contributed by atoms with Crippen LogP contribution in [0.4, 0.5) is 0 Å². The fourth-order valence-corrected chi connectivity index (χ4v) is 19.6. The monoisotopic (exact) mass is 1010 g/mol. The lowest BCUT2D eigenvalue weighted by molar-refractivity contribution is 0.233. The van der Waals surface area contributed by atoms with E-state index in [0.29, 0.717) is 42.9 Å². The molecule has 0 aliphatic carbocycles. The first-order chi connectivity index (χ1) is 33.6. The molecule has 8 aliphatic heterocycles. The summed E-state index contributed by atoms with van der Waals surface area (Å²) in [7, 11) is -2.61. The van der Waals surface area contributed by atoms with E-state index in [0.717, 1.165) is 149 Å². The van der Waals surface area contributed by atoms with E-state index < -0.39 is 8.32 Å². The van der Waals surface area contributed by atoms with Crippen LogP contribution in [0.15, 0.2) is 80.6 Å². The maximum Gasteiger partial charge on any atom is 0.261 e. The second-order valence-corrected chi connectivity index (χ2v) is 29.2. The van der Waals surface area contributed by atoms with Crippen molar-refractivity contribution < 1.29 is 4.43 Å². The van der Waals surface area contributed by atoms with Gasteiger partial charge in [0.2, 0.25) is 0 Å². The summed E-state index contributed by atoms with van der Waals surface area (Å²) < 4.78 is 7.33. The van der Waals surface area contributed by atoms with Crippen molar-refractivity contribution in [2.24, 2.45) is 20.0 Å². The van der Waals surface area contributed by atoms with E-state index in [1.165, 1.54) is 23.2 Å². The van der Waals surface area contributed by atoms with Crippen molar-refractivity contribution in [3.8, 4) is 0 Å². The van der Waals surface area contributed by atoms with E-state index in [2.05, 4.69) is 165 Å². The number of aliphatic imine (C=N–C) groups is 4. The predicted molar refractivity (Wildman–Crippen MR) is 297 cm³/mol. The van der Waals surface area contributed by atoms with Gasteiger partial charge in [-0.1, -0.05) is 81.4 Å². The van der Waals surface area contributed by atoms with Gasteiger partial charge in [-0.15, -0.1) is 0 Å². The van der Waals surface area contributed by atoms with Crippen LogP contribution in [0, 0.1) is 6.92 Å². The van der Waals surface area contributed by atoms with Crippen LogP contribution in [0.2, 0.25) is 5.04 Å². The second kappa shape index (κ2) is 22.7. The normalized spacial score (nSPS) is 29.3. The lowest BCUT2D eigenvalue weighted by Crippen LogP contribution is -2.67. The van der Waals surface area contributed by atoms with Crippen LogP contribution in [-0.4, -0.2) is 194 Å². The molecule has 0 saturated carbocycles. The summed E-state index contributed by atoms with van der Waals surface area (Å²) in [5.74, 6) is 11.0. The Hall–Kier alpha value is -3.25. The van der Waals surface area contributed by atoms with Crippen molar-refractivity contribution in [1.82, 2.24) is 40.9 Å². The SMILES string of the molecule is [CH2][C@@H]1CCN2CC[C@H](CSC[C@H]3CCN4CC[C@H](CSC[C@H]5CCN6CC[C@H](CSC[C@H]7CCN8CC[C@H](CO[Si](c9ccccc9)(c9ccccc9)C(C)(C)C)N=C8N7)N=C6N5)N=C4N3)N=C2N1. The number of fused-ring (bicyclic) bond motifs is 4. The molecule has 8 atom stereocenters. The number of hydrogen-bond donors (Lipinski definition) is 4. The Labute approximate surface area is 427 Å². The van der Waals surface area contributed by atoms with E-state index >= 15 is 0 Å². The highest BCUT2D eigenvalue weighted by atomic mass is 32.2. The lowest BCUT2D eigenvalue weighted by atomic mass is 10.1. The number of guanidine groups is 4. The molecule has 69 heavy (non-hydrogen) atoms. The number of hydrogen-bond acceptors (Lipinski definition) is 16. The third kappa shape index (κ3) is 12.0. The number of rotatable bonds is 17. The van der Waals surface area contributed by atoms with E-state index in [1.54, 1.807) is 0 Å². The van der Waals surface area contributed by atoms with Crippen molar-refractivity contribution in [2.45, 2.75) is 126 Å². The number of nitrogens with zero attached hydrogens (tertiary/aromatic N) is 8. The lowest BCUT2D eigenvalue weighted by Gasteiger charge is -2.44. The molecule has 4 fully saturated rings. The minimum Gasteiger partial charge on any atom is -0.405 e. The van der Waals surface area contributed by atoms with Crippen molar-refractivity contribution in [3.63, 3.8) is 0 Å². The average molecular weight is 1010 g/mol. The number of benzene rings is 2. The third-order valence-electron chi connectivity index (χ3n) is 15.5. The van der Waals surface area contributed by atoms with Crippen molar-refractivity contribution in [1.29, 1.82) is 0 Å². The third-order valence-corrected chi connectivity index (χ3v) is 24.2. The summed E-state index contributed by atoms with van der Waals surface area (Å²) in [6, 6.07) is 24.9. The smallest absolute Gasteiger partial charge is 0.261 e. The van der Waals surface area contributed by atoms with Crippen LogP contribution in [0.1, 0.15) is 72.1 Å². The van der Waals surface area contributed by atoms with Gasteiger partial charge >= 0.3 is 0 Å². The van der Waals surface area contributed by atoms with E-state index in [9.17, 15) is 0 Å². The van der Waals surface area contributed by atoms with Crippen LogP contribution < -0.4 is 31.6 Å². The summed E-state index contributed by atoms with van der Waals surface area (Å²) >= 11 is 6.20. The molecule has 8 heterocycles.